The van der Waals surface area contributed by atoms with E-state index in [4.69, 9.17) is 16.3 Å². The van der Waals surface area contributed by atoms with Gasteiger partial charge in [-0.2, -0.15) is 5.10 Å². The summed E-state index contributed by atoms with van der Waals surface area (Å²) in [6, 6.07) is 14.2. The molecule has 0 bridgehead atoms. The first kappa shape index (κ1) is 15.0. The lowest BCUT2D eigenvalue weighted by Crippen LogP contribution is -1.99. The maximum atomic E-state index is 6.34. The minimum atomic E-state index is 0.441. The quantitative estimate of drug-likeness (QED) is 0.513. The number of hydrogen-bond donors (Lipinski definition) is 0. The molecular formula is C19H16ClN3O. The Kier molecular flexibility index (Phi) is 3.62. The SMILES string of the molecule is COc1ccc(Cn2cc3c(n2)c(Cl)nc2cc(C)ccc23)cc1. The molecule has 2 aromatic carbocycles. The molecule has 5 heteroatoms. The average molecular weight is 338 g/mol. The number of fused-ring (bicyclic) bond motifs is 3. The van der Waals surface area contributed by atoms with Crippen molar-refractivity contribution in [3.05, 3.63) is 64.9 Å². The normalized spacial score (nSPS) is 11.3. The zero-order valence-corrected chi connectivity index (χ0v) is 14.2. The zero-order chi connectivity index (χ0) is 16.7. The second-order valence-corrected chi connectivity index (χ2v) is 6.22. The molecule has 4 rings (SSSR count). The number of benzene rings is 2. The third-order valence-electron chi connectivity index (χ3n) is 4.12. The Labute approximate surface area is 144 Å². The Balaban J connectivity index is 1.79. The van der Waals surface area contributed by atoms with Gasteiger partial charge in [0, 0.05) is 17.0 Å². The maximum Gasteiger partial charge on any atom is 0.157 e. The predicted octanol–water partition coefficient (Wildman–Crippen LogP) is 4.60. The Hall–Kier alpha value is -2.59. The lowest BCUT2D eigenvalue weighted by Gasteiger charge is -2.03. The molecule has 120 valence electrons. The van der Waals surface area contributed by atoms with Crippen LogP contribution in [0.15, 0.2) is 48.7 Å². The first-order valence-electron chi connectivity index (χ1n) is 7.70. The highest BCUT2D eigenvalue weighted by molar-refractivity contribution is 6.35. The van der Waals surface area contributed by atoms with Gasteiger partial charge in [-0.3, -0.25) is 4.68 Å². The highest BCUT2D eigenvalue weighted by Gasteiger charge is 2.11. The average Bonchev–Trinajstić information content (AvgIpc) is 3.00. The van der Waals surface area contributed by atoms with Crippen molar-refractivity contribution in [1.82, 2.24) is 14.8 Å². The van der Waals surface area contributed by atoms with E-state index < -0.39 is 0 Å². The fourth-order valence-corrected chi connectivity index (χ4v) is 3.12. The molecule has 0 aliphatic carbocycles. The molecule has 24 heavy (non-hydrogen) atoms. The topological polar surface area (TPSA) is 39.9 Å². The van der Waals surface area contributed by atoms with E-state index in [-0.39, 0.29) is 0 Å². The van der Waals surface area contributed by atoms with Gasteiger partial charge in [0.2, 0.25) is 0 Å². The predicted molar refractivity (Wildman–Crippen MR) is 96.9 cm³/mol. The first-order chi connectivity index (χ1) is 11.6. The van der Waals surface area contributed by atoms with Crippen LogP contribution in [-0.2, 0) is 6.54 Å². The van der Waals surface area contributed by atoms with Gasteiger partial charge in [0.1, 0.15) is 11.3 Å². The van der Waals surface area contributed by atoms with E-state index in [9.17, 15) is 0 Å². The summed E-state index contributed by atoms with van der Waals surface area (Å²) in [5, 5.41) is 7.15. The van der Waals surface area contributed by atoms with Crippen molar-refractivity contribution in [1.29, 1.82) is 0 Å². The number of pyridine rings is 1. The third kappa shape index (κ3) is 2.59. The molecule has 0 saturated carbocycles. The minimum absolute atomic E-state index is 0.441. The number of methoxy groups -OCH3 is 1. The van der Waals surface area contributed by atoms with Crippen LogP contribution >= 0.6 is 11.6 Å². The van der Waals surface area contributed by atoms with Crippen molar-refractivity contribution in [2.45, 2.75) is 13.5 Å². The lowest BCUT2D eigenvalue weighted by atomic mass is 10.1. The molecule has 2 heterocycles. The van der Waals surface area contributed by atoms with E-state index in [0.717, 1.165) is 38.7 Å². The second kappa shape index (κ2) is 5.80. The molecule has 4 nitrogen and oxygen atoms in total. The van der Waals surface area contributed by atoms with Crippen LogP contribution in [0.2, 0.25) is 5.15 Å². The van der Waals surface area contributed by atoms with Gasteiger partial charge in [0.15, 0.2) is 5.15 Å². The summed E-state index contributed by atoms with van der Waals surface area (Å²) in [6.07, 6.45) is 2.03. The van der Waals surface area contributed by atoms with Gasteiger partial charge in [0.05, 0.1) is 19.2 Å². The summed E-state index contributed by atoms with van der Waals surface area (Å²) < 4.78 is 7.09. The largest absolute Gasteiger partial charge is 0.497 e. The summed E-state index contributed by atoms with van der Waals surface area (Å²) in [5.41, 5.74) is 3.95. The first-order valence-corrected chi connectivity index (χ1v) is 8.08. The standard InChI is InChI=1S/C19H16ClN3O/c1-12-3-8-15-16-11-23(10-13-4-6-14(24-2)7-5-13)22-18(16)19(20)21-17(15)9-12/h3-9,11H,10H2,1-2H3. The zero-order valence-electron chi connectivity index (χ0n) is 13.5. The molecule has 0 aliphatic heterocycles. The number of halogens is 1. The van der Waals surface area contributed by atoms with Crippen LogP contribution in [0, 0.1) is 6.92 Å². The fourth-order valence-electron chi connectivity index (χ4n) is 2.89. The summed E-state index contributed by atoms with van der Waals surface area (Å²) in [6.45, 7) is 2.72. The van der Waals surface area contributed by atoms with Crippen molar-refractivity contribution in [2.75, 3.05) is 7.11 Å². The number of ether oxygens (including phenoxy) is 1. The van der Waals surface area contributed by atoms with Gasteiger partial charge < -0.3 is 4.74 Å². The fraction of sp³-hybridized carbons (Fsp3) is 0.158. The van der Waals surface area contributed by atoms with Crippen LogP contribution in [0.3, 0.4) is 0 Å². The molecule has 2 aromatic heterocycles. The van der Waals surface area contributed by atoms with Crippen molar-refractivity contribution in [3.8, 4) is 5.75 Å². The van der Waals surface area contributed by atoms with Crippen molar-refractivity contribution >= 4 is 33.4 Å². The smallest absolute Gasteiger partial charge is 0.157 e. The monoisotopic (exact) mass is 337 g/mol. The summed E-state index contributed by atoms with van der Waals surface area (Å²) in [7, 11) is 1.66. The molecule has 0 fully saturated rings. The highest BCUT2D eigenvalue weighted by atomic mass is 35.5. The molecule has 4 aromatic rings. The van der Waals surface area contributed by atoms with Crippen LogP contribution in [0.4, 0.5) is 0 Å². The van der Waals surface area contributed by atoms with Crippen LogP contribution in [0.5, 0.6) is 5.75 Å². The van der Waals surface area contributed by atoms with Crippen LogP contribution in [-0.4, -0.2) is 21.9 Å². The molecule has 0 N–H and O–H groups in total. The van der Waals surface area contributed by atoms with E-state index in [2.05, 4.69) is 22.2 Å². The third-order valence-corrected chi connectivity index (χ3v) is 4.39. The van der Waals surface area contributed by atoms with Gasteiger partial charge in [-0.05, 0) is 36.2 Å². The summed E-state index contributed by atoms with van der Waals surface area (Å²) >= 11 is 6.34. The van der Waals surface area contributed by atoms with E-state index in [0.29, 0.717) is 11.7 Å². The van der Waals surface area contributed by atoms with Crippen LogP contribution in [0.1, 0.15) is 11.1 Å². The molecule has 0 saturated heterocycles. The minimum Gasteiger partial charge on any atom is -0.497 e. The van der Waals surface area contributed by atoms with Crippen LogP contribution < -0.4 is 4.74 Å². The maximum absolute atomic E-state index is 6.34. The van der Waals surface area contributed by atoms with Gasteiger partial charge in [-0.1, -0.05) is 35.9 Å². The number of aryl methyl sites for hydroxylation is 1. The summed E-state index contributed by atoms with van der Waals surface area (Å²) in [4.78, 5) is 4.48. The number of hydrogen-bond acceptors (Lipinski definition) is 3. The second-order valence-electron chi connectivity index (χ2n) is 5.86. The van der Waals surface area contributed by atoms with Gasteiger partial charge >= 0.3 is 0 Å². The molecule has 0 radical (unpaired) electrons. The van der Waals surface area contributed by atoms with Crippen LogP contribution in [0.25, 0.3) is 21.8 Å². The van der Waals surface area contributed by atoms with E-state index >= 15 is 0 Å². The van der Waals surface area contributed by atoms with Gasteiger partial charge in [-0.15, -0.1) is 0 Å². The Morgan fingerprint density at radius 1 is 1.08 bits per heavy atom. The Morgan fingerprint density at radius 3 is 2.62 bits per heavy atom. The molecule has 0 spiro atoms. The number of rotatable bonds is 3. The van der Waals surface area contributed by atoms with Gasteiger partial charge in [0.25, 0.3) is 0 Å². The molecule has 0 atom stereocenters. The Morgan fingerprint density at radius 2 is 1.88 bits per heavy atom. The molecule has 0 aliphatic rings. The van der Waals surface area contributed by atoms with E-state index in [1.807, 2.05) is 48.1 Å². The number of nitrogens with zero attached hydrogens (tertiary/aromatic N) is 3. The molecule has 0 amide bonds. The van der Waals surface area contributed by atoms with Crippen molar-refractivity contribution in [2.24, 2.45) is 0 Å². The Bertz CT molecular complexity index is 1040. The van der Waals surface area contributed by atoms with E-state index in [1.165, 1.54) is 0 Å². The lowest BCUT2D eigenvalue weighted by molar-refractivity contribution is 0.414. The van der Waals surface area contributed by atoms with Crippen molar-refractivity contribution in [3.63, 3.8) is 0 Å². The van der Waals surface area contributed by atoms with Gasteiger partial charge in [-0.25, -0.2) is 4.98 Å². The number of aromatic nitrogens is 3. The summed E-state index contributed by atoms with van der Waals surface area (Å²) in [5.74, 6) is 0.845. The van der Waals surface area contributed by atoms with E-state index in [1.54, 1.807) is 7.11 Å². The molecular weight excluding hydrogens is 322 g/mol. The van der Waals surface area contributed by atoms with Crippen molar-refractivity contribution < 1.29 is 4.74 Å². The molecule has 0 unspecified atom stereocenters. The highest BCUT2D eigenvalue weighted by Crippen LogP contribution is 2.29.